The van der Waals surface area contributed by atoms with Crippen LogP contribution in [0.1, 0.15) is 25.7 Å². The van der Waals surface area contributed by atoms with Crippen molar-refractivity contribution in [2.45, 2.75) is 31.7 Å². The van der Waals surface area contributed by atoms with Crippen LogP contribution in [0.25, 0.3) is 0 Å². The SMILES string of the molecule is C1CC(CCNC2CCOCC2)CN1. The van der Waals surface area contributed by atoms with E-state index in [2.05, 4.69) is 10.6 Å². The topological polar surface area (TPSA) is 33.3 Å². The highest BCUT2D eigenvalue weighted by atomic mass is 16.5. The Morgan fingerprint density at radius 1 is 1.21 bits per heavy atom. The lowest BCUT2D eigenvalue weighted by atomic mass is 10.0. The third-order valence-corrected chi connectivity index (χ3v) is 3.37. The summed E-state index contributed by atoms with van der Waals surface area (Å²) in [5.74, 6) is 0.919. The van der Waals surface area contributed by atoms with Crippen LogP contribution in [-0.4, -0.2) is 38.9 Å². The van der Waals surface area contributed by atoms with Gasteiger partial charge in [-0.25, -0.2) is 0 Å². The summed E-state index contributed by atoms with van der Waals surface area (Å²) >= 11 is 0. The summed E-state index contributed by atoms with van der Waals surface area (Å²) in [6.45, 7) is 5.54. The van der Waals surface area contributed by atoms with Crippen LogP contribution >= 0.6 is 0 Å². The van der Waals surface area contributed by atoms with E-state index < -0.39 is 0 Å². The average Bonchev–Trinajstić information content (AvgIpc) is 2.72. The standard InChI is InChI=1S/C11H22N2O/c1-5-12-9-10(1)2-6-13-11-3-7-14-8-4-11/h10-13H,1-9H2. The van der Waals surface area contributed by atoms with Gasteiger partial charge in [-0.2, -0.15) is 0 Å². The van der Waals surface area contributed by atoms with Gasteiger partial charge >= 0.3 is 0 Å². The minimum absolute atomic E-state index is 0.720. The highest BCUT2D eigenvalue weighted by molar-refractivity contribution is 4.74. The van der Waals surface area contributed by atoms with Gasteiger partial charge in [-0.15, -0.1) is 0 Å². The molecule has 2 heterocycles. The summed E-state index contributed by atoms with van der Waals surface area (Å²) in [6.07, 6.45) is 5.10. The van der Waals surface area contributed by atoms with Gasteiger partial charge in [-0.1, -0.05) is 0 Å². The van der Waals surface area contributed by atoms with Crippen molar-refractivity contribution >= 4 is 0 Å². The van der Waals surface area contributed by atoms with Crippen molar-refractivity contribution in [3.05, 3.63) is 0 Å². The van der Waals surface area contributed by atoms with E-state index in [-0.39, 0.29) is 0 Å². The highest BCUT2D eigenvalue weighted by Gasteiger charge is 2.16. The van der Waals surface area contributed by atoms with Crippen molar-refractivity contribution in [2.75, 3.05) is 32.8 Å². The van der Waals surface area contributed by atoms with Crippen LogP contribution in [-0.2, 0) is 4.74 Å². The van der Waals surface area contributed by atoms with Gasteiger partial charge in [0, 0.05) is 19.3 Å². The quantitative estimate of drug-likeness (QED) is 0.699. The second kappa shape index (κ2) is 5.69. The van der Waals surface area contributed by atoms with Crippen LogP contribution in [0, 0.1) is 5.92 Å². The monoisotopic (exact) mass is 198 g/mol. The van der Waals surface area contributed by atoms with E-state index in [1.165, 1.54) is 45.3 Å². The van der Waals surface area contributed by atoms with Crippen LogP contribution in [0.3, 0.4) is 0 Å². The molecule has 2 rings (SSSR count). The van der Waals surface area contributed by atoms with Gasteiger partial charge in [0.2, 0.25) is 0 Å². The molecule has 14 heavy (non-hydrogen) atoms. The fourth-order valence-corrected chi connectivity index (χ4v) is 2.35. The molecule has 0 spiro atoms. The van der Waals surface area contributed by atoms with Crippen molar-refractivity contribution in [3.63, 3.8) is 0 Å². The van der Waals surface area contributed by atoms with Gasteiger partial charge in [0.1, 0.15) is 0 Å². The predicted molar refractivity (Wildman–Crippen MR) is 57.4 cm³/mol. The average molecular weight is 198 g/mol. The molecular formula is C11H22N2O. The number of hydrogen-bond acceptors (Lipinski definition) is 3. The van der Waals surface area contributed by atoms with Crippen LogP contribution < -0.4 is 10.6 Å². The van der Waals surface area contributed by atoms with Gasteiger partial charge in [0.15, 0.2) is 0 Å². The molecule has 3 nitrogen and oxygen atoms in total. The molecule has 2 saturated heterocycles. The number of hydrogen-bond donors (Lipinski definition) is 2. The zero-order chi connectivity index (χ0) is 9.64. The Bertz CT molecular complexity index is 151. The molecule has 2 N–H and O–H groups in total. The first-order valence-electron chi connectivity index (χ1n) is 5.97. The van der Waals surface area contributed by atoms with Crippen LogP contribution in [0.5, 0.6) is 0 Å². The van der Waals surface area contributed by atoms with Gasteiger partial charge in [-0.05, 0) is 51.2 Å². The van der Waals surface area contributed by atoms with Gasteiger partial charge < -0.3 is 15.4 Å². The smallest absolute Gasteiger partial charge is 0.0480 e. The summed E-state index contributed by atoms with van der Waals surface area (Å²) in [6, 6.07) is 0.720. The molecule has 0 bridgehead atoms. The molecule has 0 aliphatic carbocycles. The van der Waals surface area contributed by atoms with Crippen LogP contribution in [0.2, 0.25) is 0 Å². The van der Waals surface area contributed by atoms with Crippen molar-refractivity contribution in [2.24, 2.45) is 5.92 Å². The van der Waals surface area contributed by atoms with E-state index in [4.69, 9.17) is 4.74 Å². The Morgan fingerprint density at radius 2 is 2.07 bits per heavy atom. The normalized spacial score (nSPS) is 29.6. The Balaban J connectivity index is 1.52. The van der Waals surface area contributed by atoms with Crippen molar-refractivity contribution in [3.8, 4) is 0 Å². The molecule has 82 valence electrons. The molecule has 0 aromatic heterocycles. The first-order chi connectivity index (χ1) is 6.95. The zero-order valence-electron chi connectivity index (χ0n) is 8.93. The molecule has 0 amide bonds. The lowest BCUT2D eigenvalue weighted by molar-refractivity contribution is 0.0777. The van der Waals surface area contributed by atoms with Crippen molar-refractivity contribution in [1.29, 1.82) is 0 Å². The molecule has 0 aromatic rings. The molecule has 0 aromatic carbocycles. The lowest BCUT2D eigenvalue weighted by Gasteiger charge is -2.23. The van der Waals surface area contributed by atoms with Crippen LogP contribution in [0.15, 0.2) is 0 Å². The molecular weight excluding hydrogens is 176 g/mol. The second-order valence-corrected chi connectivity index (χ2v) is 4.49. The van der Waals surface area contributed by atoms with E-state index in [1.54, 1.807) is 0 Å². The molecule has 3 heteroatoms. The minimum Gasteiger partial charge on any atom is -0.381 e. The van der Waals surface area contributed by atoms with Gasteiger partial charge in [0.25, 0.3) is 0 Å². The van der Waals surface area contributed by atoms with E-state index >= 15 is 0 Å². The third kappa shape index (κ3) is 3.23. The van der Waals surface area contributed by atoms with Crippen LogP contribution in [0.4, 0.5) is 0 Å². The first kappa shape index (κ1) is 10.4. The molecule has 1 unspecified atom stereocenters. The fraction of sp³-hybridized carbons (Fsp3) is 1.00. The summed E-state index contributed by atoms with van der Waals surface area (Å²) in [5, 5.41) is 7.05. The second-order valence-electron chi connectivity index (χ2n) is 4.49. The minimum atomic E-state index is 0.720. The Kier molecular flexibility index (Phi) is 4.22. The van der Waals surface area contributed by atoms with E-state index in [0.29, 0.717) is 0 Å². The summed E-state index contributed by atoms with van der Waals surface area (Å²) < 4.78 is 5.33. The molecule has 0 radical (unpaired) electrons. The lowest BCUT2D eigenvalue weighted by Crippen LogP contribution is -2.36. The molecule has 2 aliphatic rings. The summed E-state index contributed by atoms with van der Waals surface area (Å²) in [5.41, 5.74) is 0. The third-order valence-electron chi connectivity index (χ3n) is 3.37. The largest absolute Gasteiger partial charge is 0.381 e. The Labute approximate surface area is 86.6 Å². The van der Waals surface area contributed by atoms with Crippen molar-refractivity contribution in [1.82, 2.24) is 10.6 Å². The molecule has 1 atom stereocenters. The Morgan fingerprint density at radius 3 is 2.79 bits per heavy atom. The first-order valence-corrected chi connectivity index (χ1v) is 5.97. The summed E-state index contributed by atoms with van der Waals surface area (Å²) in [7, 11) is 0. The fourth-order valence-electron chi connectivity index (χ4n) is 2.35. The van der Waals surface area contributed by atoms with Gasteiger partial charge in [-0.3, -0.25) is 0 Å². The molecule has 0 saturated carbocycles. The number of ether oxygens (including phenoxy) is 1. The Hall–Kier alpha value is -0.120. The van der Waals surface area contributed by atoms with E-state index in [0.717, 1.165) is 25.2 Å². The van der Waals surface area contributed by atoms with E-state index in [9.17, 15) is 0 Å². The van der Waals surface area contributed by atoms with Crippen molar-refractivity contribution < 1.29 is 4.74 Å². The van der Waals surface area contributed by atoms with Gasteiger partial charge in [0.05, 0.1) is 0 Å². The predicted octanol–water partition coefficient (Wildman–Crippen LogP) is 0.755. The maximum atomic E-state index is 5.33. The number of rotatable bonds is 4. The maximum absolute atomic E-state index is 5.33. The molecule has 2 fully saturated rings. The summed E-state index contributed by atoms with van der Waals surface area (Å²) in [4.78, 5) is 0. The zero-order valence-corrected chi connectivity index (χ0v) is 8.93. The maximum Gasteiger partial charge on any atom is 0.0480 e. The van der Waals surface area contributed by atoms with E-state index in [1.807, 2.05) is 0 Å². The molecule has 2 aliphatic heterocycles. The number of nitrogens with one attached hydrogen (secondary N) is 2. The highest BCUT2D eigenvalue weighted by Crippen LogP contribution is 2.12.